The van der Waals surface area contributed by atoms with Gasteiger partial charge in [0.25, 0.3) is 11.6 Å². The topological polar surface area (TPSA) is 93.8 Å². The number of carbonyl (C=O) groups is 1. The highest BCUT2D eigenvalue weighted by Crippen LogP contribution is 2.20. The van der Waals surface area contributed by atoms with Crippen molar-refractivity contribution < 1.29 is 14.5 Å². The fraction of sp³-hybridized carbons (Fsp3) is 0.125. The summed E-state index contributed by atoms with van der Waals surface area (Å²) in [4.78, 5) is 21.7. The molecule has 0 aliphatic rings. The molecule has 124 valence electrons. The molecule has 2 aromatic carbocycles. The molecular weight excluding hydrogens is 334 g/mol. The minimum atomic E-state index is -0.488. The summed E-state index contributed by atoms with van der Waals surface area (Å²) < 4.78 is 5.33. The van der Waals surface area contributed by atoms with E-state index in [1.54, 1.807) is 18.2 Å². The molecule has 8 heteroatoms. The SMILES string of the molecule is Cc1cc(OCC(=O)N/N=C/c2ccc([N+](=O)[O-])cc2)ccc1Cl. The molecule has 0 unspecified atom stereocenters. The van der Waals surface area contributed by atoms with E-state index in [1.165, 1.54) is 30.5 Å². The molecule has 0 fully saturated rings. The molecule has 0 aliphatic carbocycles. The number of benzene rings is 2. The Labute approximate surface area is 143 Å². The molecule has 0 atom stereocenters. The first kappa shape index (κ1) is 17.4. The van der Waals surface area contributed by atoms with Gasteiger partial charge in [-0.05, 0) is 48.4 Å². The summed E-state index contributed by atoms with van der Waals surface area (Å²) in [6, 6.07) is 10.9. The predicted molar refractivity (Wildman–Crippen MR) is 90.5 cm³/mol. The second-order valence-corrected chi connectivity index (χ2v) is 5.25. The van der Waals surface area contributed by atoms with Crippen molar-refractivity contribution in [3.8, 4) is 5.75 Å². The van der Waals surface area contributed by atoms with Gasteiger partial charge >= 0.3 is 0 Å². The van der Waals surface area contributed by atoms with Gasteiger partial charge in [-0.3, -0.25) is 14.9 Å². The number of rotatable bonds is 6. The summed E-state index contributed by atoms with van der Waals surface area (Å²) in [5.74, 6) is 0.104. The molecule has 0 saturated heterocycles. The van der Waals surface area contributed by atoms with Crippen molar-refractivity contribution in [1.29, 1.82) is 0 Å². The lowest BCUT2D eigenvalue weighted by atomic mass is 10.2. The zero-order valence-electron chi connectivity index (χ0n) is 12.7. The number of carbonyl (C=O) groups excluding carboxylic acids is 1. The number of nitro benzene ring substituents is 1. The van der Waals surface area contributed by atoms with Crippen LogP contribution in [0, 0.1) is 17.0 Å². The molecule has 0 aromatic heterocycles. The van der Waals surface area contributed by atoms with Crippen LogP contribution >= 0.6 is 11.6 Å². The van der Waals surface area contributed by atoms with Gasteiger partial charge in [-0.15, -0.1) is 0 Å². The second kappa shape index (κ2) is 8.07. The molecule has 0 heterocycles. The molecule has 2 rings (SSSR count). The van der Waals surface area contributed by atoms with E-state index in [4.69, 9.17) is 16.3 Å². The summed E-state index contributed by atoms with van der Waals surface area (Å²) in [6.07, 6.45) is 1.38. The van der Waals surface area contributed by atoms with Crippen LogP contribution in [0.4, 0.5) is 5.69 Å². The zero-order valence-corrected chi connectivity index (χ0v) is 13.5. The Hall–Kier alpha value is -2.93. The first-order valence-electron chi connectivity index (χ1n) is 6.91. The number of ether oxygens (including phenoxy) is 1. The third-order valence-corrected chi connectivity index (χ3v) is 3.43. The maximum atomic E-state index is 11.6. The van der Waals surface area contributed by atoms with Gasteiger partial charge in [0.2, 0.25) is 0 Å². The summed E-state index contributed by atoms with van der Waals surface area (Å²) in [5.41, 5.74) is 3.77. The van der Waals surface area contributed by atoms with Crippen molar-refractivity contribution in [1.82, 2.24) is 5.43 Å². The summed E-state index contributed by atoms with van der Waals surface area (Å²) in [5, 5.41) is 14.9. The molecule has 2 aromatic rings. The number of aryl methyl sites for hydroxylation is 1. The van der Waals surface area contributed by atoms with Gasteiger partial charge in [-0.2, -0.15) is 5.10 Å². The number of nitrogens with one attached hydrogen (secondary N) is 1. The Morgan fingerprint density at radius 1 is 1.33 bits per heavy atom. The smallest absolute Gasteiger partial charge is 0.277 e. The van der Waals surface area contributed by atoms with Crippen LogP contribution in [0.15, 0.2) is 47.6 Å². The number of hydrogen-bond donors (Lipinski definition) is 1. The van der Waals surface area contributed by atoms with Gasteiger partial charge in [-0.25, -0.2) is 5.43 Å². The first-order chi connectivity index (χ1) is 11.5. The van der Waals surface area contributed by atoms with Crippen LogP contribution in [-0.4, -0.2) is 23.7 Å². The fourth-order valence-electron chi connectivity index (χ4n) is 1.75. The van der Waals surface area contributed by atoms with E-state index in [2.05, 4.69) is 10.5 Å². The number of non-ortho nitro benzene ring substituents is 1. The standard InChI is InChI=1S/C16H14ClN3O4/c1-11-8-14(6-7-15(11)17)24-10-16(21)19-18-9-12-2-4-13(5-3-12)20(22)23/h2-9H,10H2,1H3,(H,19,21)/b18-9+. The van der Waals surface area contributed by atoms with E-state index in [0.29, 0.717) is 16.3 Å². The number of hydrazone groups is 1. The second-order valence-electron chi connectivity index (χ2n) is 4.84. The van der Waals surface area contributed by atoms with Crippen LogP contribution in [0.5, 0.6) is 5.75 Å². The molecule has 0 spiro atoms. The summed E-state index contributed by atoms with van der Waals surface area (Å²) >= 11 is 5.91. The Morgan fingerprint density at radius 2 is 2.04 bits per heavy atom. The van der Waals surface area contributed by atoms with Crippen molar-refractivity contribution in [3.63, 3.8) is 0 Å². The van der Waals surface area contributed by atoms with Gasteiger partial charge in [0.15, 0.2) is 6.61 Å². The number of halogens is 1. The third-order valence-electron chi connectivity index (χ3n) is 3.01. The Balaban J connectivity index is 1.81. The number of nitrogens with zero attached hydrogens (tertiary/aromatic N) is 2. The van der Waals surface area contributed by atoms with Gasteiger partial charge in [-0.1, -0.05) is 11.6 Å². The Bertz CT molecular complexity index is 775. The van der Waals surface area contributed by atoms with E-state index in [9.17, 15) is 14.9 Å². The largest absolute Gasteiger partial charge is 0.484 e. The molecule has 1 N–H and O–H groups in total. The highest BCUT2D eigenvalue weighted by molar-refractivity contribution is 6.31. The van der Waals surface area contributed by atoms with Gasteiger partial charge < -0.3 is 4.74 Å². The lowest BCUT2D eigenvalue weighted by Gasteiger charge is -2.06. The quantitative estimate of drug-likeness (QED) is 0.493. The van der Waals surface area contributed by atoms with Gasteiger partial charge in [0, 0.05) is 17.2 Å². The average molecular weight is 348 g/mol. The van der Waals surface area contributed by atoms with E-state index in [1.807, 2.05) is 6.92 Å². The van der Waals surface area contributed by atoms with Crippen LogP contribution in [-0.2, 0) is 4.79 Å². The lowest BCUT2D eigenvalue weighted by Crippen LogP contribution is -2.24. The summed E-state index contributed by atoms with van der Waals surface area (Å²) in [7, 11) is 0. The molecule has 0 bridgehead atoms. The van der Waals surface area contributed by atoms with Crippen LogP contribution < -0.4 is 10.2 Å². The number of hydrogen-bond acceptors (Lipinski definition) is 5. The van der Waals surface area contributed by atoms with E-state index in [-0.39, 0.29) is 12.3 Å². The van der Waals surface area contributed by atoms with Gasteiger partial charge in [0.05, 0.1) is 11.1 Å². The molecule has 0 saturated carbocycles. The summed E-state index contributed by atoms with van der Waals surface area (Å²) in [6.45, 7) is 1.64. The zero-order chi connectivity index (χ0) is 17.5. The van der Waals surface area contributed by atoms with Crippen molar-refractivity contribution >= 4 is 29.4 Å². The maximum Gasteiger partial charge on any atom is 0.277 e. The molecule has 0 radical (unpaired) electrons. The molecule has 24 heavy (non-hydrogen) atoms. The van der Waals surface area contributed by atoms with E-state index < -0.39 is 10.8 Å². The van der Waals surface area contributed by atoms with Gasteiger partial charge in [0.1, 0.15) is 5.75 Å². The van der Waals surface area contributed by atoms with Crippen molar-refractivity contribution in [3.05, 3.63) is 68.7 Å². The predicted octanol–water partition coefficient (Wildman–Crippen LogP) is 3.09. The molecule has 7 nitrogen and oxygen atoms in total. The van der Waals surface area contributed by atoms with Crippen molar-refractivity contribution in [2.45, 2.75) is 6.92 Å². The highest BCUT2D eigenvalue weighted by Gasteiger charge is 2.04. The minimum absolute atomic E-state index is 0.0113. The van der Waals surface area contributed by atoms with E-state index >= 15 is 0 Å². The van der Waals surface area contributed by atoms with Crippen molar-refractivity contribution in [2.24, 2.45) is 5.10 Å². The first-order valence-corrected chi connectivity index (χ1v) is 7.29. The lowest BCUT2D eigenvalue weighted by molar-refractivity contribution is -0.384. The molecule has 1 amide bonds. The van der Waals surface area contributed by atoms with Crippen molar-refractivity contribution in [2.75, 3.05) is 6.61 Å². The average Bonchev–Trinajstić information content (AvgIpc) is 2.56. The Kier molecular flexibility index (Phi) is 5.86. The van der Waals surface area contributed by atoms with Crippen LogP contribution in [0.25, 0.3) is 0 Å². The number of amides is 1. The normalized spacial score (nSPS) is 10.6. The monoisotopic (exact) mass is 347 g/mol. The molecule has 0 aliphatic heterocycles. The van der Waals surface area contributed by atoms with E-state index in [0.717, 1.165) is 5.56 Å². The van der Waals surface area contributed by atoms with Crippen LogP contribution in [0.2, 0.25) is 5.02 Å². The minimum Gasteiger partial charge on any atom is -0.484 e. The van der Waals surface area contributed by atoms with Crippen LogP contribution in [0.1, 0.15) is 11.1 Å². The fourth-order valence-corrected chi connectivity index (χ4v) is 1.87. The number of nitro groups is 1. The Morgan fingerprint density at radius 3 is 2.67 bits per heavy atom. The third kappa shape index (κ3) is 5.06. The molecular formula is C16H14ClN3O4. The van der Waals surface area contributed by atoms with Crippen LogP contribution in [0.3, 0.4) is 0 Å². The maximum absolute atomic E-state index is 11.6. The highest BCUT2D eigenvalue weighted by atomic mass is 35.5.